The molecule has 2 fully saturated rings. The topological polar surface area (TPSA) is 50.2 Å². The third-order valence-electron chi connectivity index (χ3n) is 6.60. The maximum Gasteiger partial charge on any atom is 0.275 e. The molecule has 0 spiro atoms. The highest BCUT2D eigenvalue weighted by atomic mass is 16.2. The van der Waals surface area contributed by atoms with Gasteiger partial charge in [-0.3, -0.25) is 4.79 Å². The van der Waals surface area contributed by atoms with E-state index in [1.165, 1.54) is 22.4 Å². The van der Waals surface area contributed by atoms with Gasteiger partial charge in [-0.25, -0.2) is 4.68 Å². The molecule has 3 heterocycles. The third kappa shape index (κ3) is 2.71. The van der Waals surface area contributed by atoms with Gasteiger partial charge >= 0.3 is 0 Å². The average molecular weight is 364 g/mol. The number of benzene rings is 1. The molecule has 0 radical (unpaired) electrons. The Hall–Kier alpha value is -2.14. The predicted octanol–water partition coefficient (Wildman–Crippen LogP) is 2.94. The van der Waals surface area contributed by atoms with Gasteiger partial charge in [0.1, 0.15) is 0 Å². The summed E-state index contributed by atoms with van der Waals surface area (Å²) in [6.45, 7) is 6.18. The van der Waals surface area contributed by atoms with Gasteiger partial charge in [-0.2, -0.15) is 5.10 Å². The lowest BCUT2D eigenvalue weighted by atomic mass is 10.1. The Labute approximate surface area is 160 Å². The summed E-state index contributed by atoms with van der Waals surface area (Å²) in [5.41, 5.74) is 6.72. The van der Waals surface area contributed by atoms with Crippen LogP contribution in [0.15, 0.2) is 18.2 Å². The van der Waals surface area contributed by atoms with Crippen molar-refractivity contribution in [1.29, 1.82) is 0 Å². The molecular weight excluding hydrogens is 336 g/mol. The Kier molecular flexibility index (Phi) is 4.08. The Morgan fingerprint density at radius 1 is 1.15 bits per heavy atom. The quantitative estimate of drug-likeness (QED) is 0.891. The molecule has 2 aliphatic heterocycles. The van der Waals surface area contributed by atoms with E-state index in [1.807, 2.05) is 0 Å². The Balaban J connectivity index is 1.57. The first-order valence-electron chi connectivity index (χ1n) is 10.4. The number of aryl methyl sites for hydroxylation is 2. The van der Waals surface area contributed by atoms with E-state index in [0.717, 1.165) is 57.3 Å². The maximum atomic E-state index is 13.6. The van der Waals surface area contributed by atoms with Gasteiger partial charge in [0.05, 0.1) is 5.69 Å². The van der Waals surface area contributed by atoms with Gasteiger partial charge in [-0.1, -0.05) is 17.7 Å². The van der Waals surface area contributed by atoms with Gasteiger partial charge in [0, 0.05) is 29.9 Å². The smallest absolute Gasteiger partial charge is 0.275 e. The van der Waals surface area contributed by atoms with E-state index in [-0.39, 0.29) is 5.91 Å². The van der Waals surface area contributed by atoms with E-state index >= 15 is 0 Å². The summed E-state index contributed by atoms with van der Waals surface area (Å²) >= 11 is 0. The number of rotatable bonds is 2. The Bertz CT molecular complexity index is 886. The Morgan fingerprint density at radius 2 is 2.00 bits per heavy atom. The maximum absolute atomic E-state index is 13.6. The standard InChI is InChI=1S/C22H28N4O/c1-14-6-9-19(15(2)12-14)26-20-5-3-4-18(20)21(24-26)22(27)25-16-7-8-17(25)13-23-11-10-16/h6,9,12,16-17,23H,3-5,7-8,10-11,13H2,1-2H3. The molecule has 2 unspecified atom stereocenters. The van der Waals surface area contributed by atoms with E-state index in [2.05, 4.69) is 46.9 Å². The number of nitrogens with zero attached hydrogens (tertiary/aromatic N) is 3. The van der Waals surface area contributed by atoms with Crippen molar-refractivity contribution in [2.24, 2.45) is 0 Å². The molecule has 142 valence electrons. The van der Waals surface area contributed by atoms with Crippen LogP contribution < -0.4 is 5.32 Å². The van der Waals surface area contributed by atoms with Crippen LogP contribution in [0.3, 0.4) is 0 Å². The lowest BCUT2D eigenvalue weighted by Gasteiger charge is -2.27. The zero-order valence-electron chi connectivity index (χ0n) is 16.3. The highest BCUT2D eigenvalue weighted by molar-refractivity contribution is 5.95. The molecule has 2 bridgehead atoms. The van der Waals surface area contributed by atoms with Gasteiger partial charge in [0.2, 0.25) is 0 Å². The minimum Gasteiger partial charge on any atom is -0.330 e. The highest BCUT2D eigenvalue weighted by Gasteiger charge is 2.41. The summed E-state index contributed by atoms with van der Waals surface area (Å²) in [7, 11) is 0. The van der Waals surface area contributed by atoms with Crippen LogP contribution in [0.25, 0.3) is 5.69 Å². The second-order valence-corrected chi connectivity index (χ2v) is 8.42. The molecule has 1 aromatic carbocycles. The molecule has 5 rings (SSSR count). The number of hydrogen-bond acceptors (Lipinski definition) is 3. The van der Waals surface area contributed by atoms with E-state index in [0.29, 0.717) is 17.8 Å². The van der Waals surface area contributed by atoms with Crippen molar-refractivity contribution in [2.45, 2.75) is 64.5 Å². The lowest BCUT2D eigenvalue weighted by molar-refractivity contribution is 0.0672. The fourth-order valence-corrected chi connectivity index (χ4v) is 5.29. The predicted molar refractivity (Wildman–Crippen MR) is 106 cm³/mol. The first-order valence-corrected chi connectivity index (χ1v) is 10.4. The average Bonchev–Trinajstić information content (AvgIpc) is 3.28. The number of nitrogens with one attached hydrogen (secondary N) is 1. The van der Waals surface area contributed by atoms with Crippen LogP contribution in [0.2, 0.25) is 0 Å². The number of aromatic nitrogens is 2. The largest absolute Gasteiger partial charge is 0.330 e. The lowest BCUT2D eigenvalue weighted by Crippen LogP contribution is -2.43. The minimum absolute atomic E-state index is 0.160. The SMILES string of the molecule is Cc1ccc(-n2nc(C(=O)N3C4CCNCC3CC4)c3c2CCC3)c(C)c1. The van der Waals surface area contributed by atoms with Crippen LogP contribution in [0.4, 0.5) is 0 Å². The molecule has 2 atom stereocenters. The fourth-order valence-electron chi connectivity index (χ4n) is 5.29. The van der Waals surface area contributed by atoms with E-state index < -0.39 is 0 Å². The number of carbonyl (C=O) groups excluding carboxylic acids is 1. The molecule has 1 N–H and O–H groups in total. The zero-order valence-corrected chi connectivity index (χ0v) is 16.3. The van der Waals surface area contributed by atoms with Crippen LogP contribution in [0, 0.1) is 13.8 Å². The van der Waals surface area contributed by atoms with Crippen LogP contribution >= 0.6 is 0 Å². The number of carbonyl (C=O) groups is 1. The van der Waals surface area contributed by atoms with Crippen molar-refractivity contribution < 1.29 is 4.79 Å². The van der Waals surface area contributed by atoms with E-state index in [4.69, 9.17) is 5.10 Å². The normalized spacial score (nSPS) is 24.1. The molecule has 2 aromatic rings. The molecule has 1 amide bonds. The summed E-state index contributed by atoms with van der Waals surface area (Å²) in [5, 5.41) is 8.39. The summed E-state index contributed by atoms with van der Waals surface area (Å²) < 4.78 is 2.06. The van der Waals surface area contributed by atoms with Crippen molar-refractivity contribution in [1.82, 2.24) is 20.0 Å². The van der Waals surface area contributed by atoms with Gasteiger partial charge in [0.15, 0.2) is 5.69 Å². The van der Waals surface area contributed by atoms with Crippen molar-refractivity contribution in [3.63, 3.8) is 0 Å². The minimum atomic E-state index is 0.160. The highest BCUT2D eigenvalue weighted by Crippen LogP contribution is 2.34. The second kappa shape index (κ2) is 6.48. The van der Waals surface area contributed by atoms with Crippen molar-refractivity contribution in [3.05, 3.63) is 46.3 Å². The summed E-state index contributed by atoms with van der Waals surface area (Å²) in [6, 6.07) is 7.17. The molecule has 0 saturated carbocycles. The van der Waals surface area contributed by atoms with Gasteiger partial charge in [-0.15, -0.1) is 0 Å². The molecule has 1 aliphatic carbocycles. The van der Waals surface area contributed by atoms with Crippen molar-refractivity contribution in [3.8, 4) is 5.69 Å². The number of hydrogen-bond donors (Lipinski definition) is 1. The van der Waals surface area contributed by atoms with Crippen molar-refractivity contribution >= 4 is 5.91 Å². The van der Waals surface area contributed by atoms with Crippen molar-refractivity contribution in [2.75, 3.05) is 13.1 Å². The summed E-state index contributed by atoms with van der Waals surface area (Å²) in [5.74, 6) is 0.160. The van der Waals surface area contributed by atoms with E-state index in [1.54, 1.807) is 0 Å². The molecule has 3 aliphatic rings. The molecule has 5 nitrogen and oxygen atoms in total. The van der Waals surface area contributed by atoms with E-state index in [9.17, 15) is 4.79 Å². The molecule has 27 heavy (non-hydrogen) atoms. The molecular formula is C22H28N4O. The first-order chi connectivity index (χ1) is 13.1. The molecule has 5 heteroatoms. The van der Waals surface area contributed by atoms with Gasteiger partial charge in [0.25, 0.3) is 5.91 Å². The van der Waals surface area contributed by atoms with Gasteiger partial charge in [-0.05, 0) is 70.5 Å². The molecule has 2 saturated heterocycles. The Morgan fingerprint density at radius 3 is 2.85 bits per heavy atom. The second-order valence-electron chi connectivity index (χ2n) is 8.42. The summed E-state index contributed by atoms with van der Waals surface area (Å²) in [6.07, 6.45) is 6.41. The van der Waals surface area contributed by atoms with Crippen LogP contribution in [0.5, 0.6) is 0 Å². The van der Waals surface area contributed by atoms with Crippen LogP contribution in [-0.4, -0.2) is 45.8 Å². The first kappa shape index (κ1) is 17.0. The number of fused-ring (bicyclic) bond motifs is 3. The molecule has 1 aromatic heterocycles. The third-order valence-corrected chi connectivity index (χ3v) is 6.60. The number of amides is 1. The van der Waals surface area contributed by atoms with Crippen LogP contribution in [0.1, 0.15) is 58.6 Å². The zero-order chi connectivity index (χ0) is 18.5. The fraction of sp³-hybridized carbons (Fsp3) is 0.545. The monoisotopic (exact) mass is 364 g/mol. The van der Waals surface area contributed by atoms with Crippen LogP contribution in [-0.2, 0) is 12.8 Å². The van der Waals surface area contributed by atoms with Gasteiger partial charge < -0.3 is 10.2 Å². The summed E-state index contributed by atoms with van der Waals surface area (Å²) in [4.78, 5) is 15.7.